The van der Waals surface area contributed by atoms with E-state index in [9.17, 15) is 4.79 Å². The van der Waals surface area contributed by atoms with E-state index in [1.165, 1.54) is 5.56 Å². The maximum absolute atomic E-state index is 13.1. The van der Waals surface area contributed by atoms with E-state index in [2.05, 4.69) is 30.4 Å². The summed E-state index contributed by atoms with van der Waals surface area (Å²) >= 11 is 0. The van der Waals surface area contributed by atoms with Gasteiger partial charge in [0.05, 0.1) is 0 Å². The van der Waals surface area contributed by atoms with E-state index in [-0.39, 0.29) is 5.91 Å². The number of likely N-dealkylation sites (tertiary alicyclic amines) is 1. The minimum atomic E-state index is 0.164. The van der Waals surface area contributed by atoms with E-state index in [0.29, 0.717) is 5.92 Å². The van der Waals surface area contributed by atoms with Crippen molar-refractivity contribution < 1.29 is 4.79 Å². The molecule has 24 heavy (non-hydrogen) atoms. The van der Waals surface area contributed by atoms with Crippen molar-refractivity contribution in [3.8, 4) is 11.1 Å². The molecule has 3 rings (SSSR count). The first-order chi connectivity index (χ1) is 11.7. The summed E-state index contributed by atoms with van der Waals surface area (Å²) in [5.41, 5.74) is 4.20. The van der Waals surface area contributed by atoms with E-state index in [4.69, 9.17) is 0 Å². The summed E-state index contributed by atoms with van der Waals surface area (Å²) in [5, 5.41) is 3.25. The molecular weight excluding hydrogens is 296 g/mol. The Morgan fingerprint density at radius 3 is 2.33 bits per heavy atom. The molecule has 0 spiro atoms. The molecule has 1 N–H and O–H groups in total. The van der Waals surface area contributed by atoms with Gasteiger partial charge in [-0.05, 0) is 62.0 Å². The standard InChI is InChI=1S/C21H26N2O/c1-16-7-3-4-8-18(16)19-9-5-6-10-20(19)21(24)23-13-11-17(12-14-23)15-22-2/h3-10,17,22H,11-15H2,1-2H3. The fourth-order valence-electron chi connectivity index (χ4n) is 3.58. The second kappa shape index (κ2) is 7.63. The summed E-state index contributed by atoms with van der Waals surface area (Å²) in [4.78, 5) is 15.1. The van der Waals surface area contributed by atoms with Gasteiger partial charge in [0.1, 0.15) is 0 Å². The molecule has 1 aliphatic rings. The predicted octanol–water partition coefficient (Wildman–Crippen LogP) is 3.73. The van der Waals surface area contributed by atoms with Gasteiger partial charge in [-0.2, -0.15) is 0 Å². The Hall–Kier alpha value is -2.13. The van der Waals surface area contributed by atoms with Crippen molar-refractivity contribution in [1.82, 2.24) is 10.2 Å². The molecular formula is C21H26N2O. The number of nitrogens with zero attached hydrogens (tertiary/aromatic N) is 1. The number of rotatable bonds is 4. The van der Waals surface area contributed by atoms with Crippen LogP contribution in [0.1, 0.15) is 28.8 Å². The highest BCUT2D eigenvalue weighted by atomic mass is 16.2. The highest BCUT2D eigenvalue weighted by Crippen LogP contribution is 2.28. The van der Waals surface area contributed by atoms with Crippen molar-refractivity contribution in [2.24, 2.45) is 5.92 Å². The average molecular weight is 322 g/mol. The first-order valence-corrected chi connectivity index (χ1v) is 8.79. The fraction of sp³-hybridized carbons (Fsp3) is 0.381. The topological polar surface area (TPSA) is 32.3 Å². The second-order valence-corrected chi connectivity index (χ2v) is 6.65. The first-order valence-electron chi connectivity index (χ1n) is 8.79. The van der Waals surface area contributed by atoms with Crippen LogP contribution in [0.4, 0.5) is 0 Å². The number of piperidine rings is 1. The van der Waals surface area contributed by atoms with E-state index in [1.807, 2.05) is 42.3 Å². The molecule has 1 heterocycles. The monoisotopic (exact) mass is 322 g/mol. The average Bonchev–Trinajstić information content (AvgIpc) is 2.62. The van der Waals surface area contributed by atoms with Crippen molar-refractivity contribution in [3.63, 3.8) is 0 Å². The quantitative estimate of drug-likeness (QED) is 0.930. The Balaban J connectivity index is 1.83. The SMILES string of the molecule is CNCC1CCN(C(=O)c2ccccc2-c2ccccc2C)CC1. The van der Waals surface area contributed by atoms with Crippen molar-refractivity contribution >= 4 is 5.91 Å². The van der Waals surface area contributed by atoms with Crippen molar-refractivity contribution in [1.29, 1.82) is 0 Å². The maximum atomic E-state index is 13.1. The minimum absolute atomic E-state index is 0.164. The third-order valence-corrected chi connectivity index (χ3v) is 4.99. The first kappa shape index (κ1) is 16.7. The third-order valence-electron chi connectivity index (χ3n) is 4.99. The summed E-state index contributed by atoms with van der Waals surface area (Å²) in [7, 11) is 2.00. The third kappa shape index (κ3) is 3.51. The van der Waals surface area contributed by atoms with Crippen molar-refractivity contribution in [2.45, 2.75) is 19.8 Å². The number of carbonyl (C=O) groups excluding carboxylic acids is 1. The normalized spacial score (nSPS) is 15.5. The number of nitrogens with one attached hydrogen (secondary N) is 1. The van der Waals surface area contributed by atoms with E-state index < -0.39 is 0 Å². The maximum Gasteiger partial charge on any atom is 0.254 e. The van der Waals surface area contributed by atoms with Gasteiger partial charge in [-0.15, -0.1) is 0 Å². The molecule has 1 saturated heterocycles. The van der Waals surface area contributed by atoms with Gasteiger partial charge >= 0.3 is 0 Å². The molecule has 126 valence electrons. The van der Waals surface area contributed by atoms with E-state index in [0.717, 1.165) is 49.2 Å². The molecule has 0 radical (unpaired) electrons. The van der Waals surface area contributed by atoms with Gasteiger partial charge in [0, 0.05) is 18.7 Å². The predicted molar refractivity (Wildman–Crippen MR) is 99.2 cm³/mol. The smallest absolute Gasteiger partial charge is 0.254 e. The molecule has 0 aromatic heterocycles. The van der Waals surface area contributed by atoms with Crippen LogP contribution in [0.5, 0.6) is 0 Å². The van der Waals surface area contributed by atoms with Crippen LogP contribution in [-0.4, -0.2) is 37.5 Å². The number of hydrogen-bond acceptors (Lipinski definition) is 2. The lowest BCUT2D eigenvalue weighted by Gasteiger charge is -2.32. The van der Waals surface area contributed by atoms with E-state index >= 15 is 0 Å². The van der Waals surface area contributed by atoms with Crippen LogP contribution in [0.3, 0.4) is 0 Å². The van der Waals surface area contributed by atoms with Crippen LogP contribution in [-0.2, 0) is 0 Å². The van der Waals surface area contributed by atoms with Crippen LogP contribution < -0.4 is 5.32 Å². The number of aryl methyl sites for hydroxylation is 1. The van der Waals surface area contributed by atoms with Gasteiger partial charge in [-0.3, -0.25) is 4.79 Å². The molecule has 1 aliphatic heterocycles. The molecule has 3 heteroatoms. The second-order valence-electron chi connectivity index (χ2n) is 6.65. The zero-order valence-electron chi connectivity index (χ0n) is 14.6. The fourth-order valence-corrected chi connectivity index (χ4v) is 3.58. The zero-order valence-corrected chi connectivity index (χ0v) is 14.6. The molecule has 0 saturated carbocycles. The largest absolute Gasteiger partial charge is 0.339 e. The summed E-state index contributed by atoms with van der Waals surface area (Å²) in [6.07, 6.45) is 2.16. The summed E-state index contributed by atoms with van der Waals surface area (Å²) in [5.74, 6) is 0.849. The molecule has 2 aromatic rings. The van der Waals surface area contributed by atoms with Gasteiger partial charge < -0.3 is 10.2 Å². The van der Waals surface area contributed by atoms with Crippen LogP contribution in [0.15, 0.2) is 48.5 Å². The molecule has 1 amide bonds. The number of hydrogen-bond donors (Lipinski definition) is 1. The Bertz CT molecular complexity index is 702. The van der Waals surface area contributed by atoms with Crippen LogP contribution >= 0.6 is 0 Å². The number of carbonyl (C=O) groups is 1. The molecule has 0 bridgehead atoms. The molecule has 2 aromatic carbocycles. The molecule has 1 fully saturated rings. The lowest BCUT2D eigenvalue weighted by molar-refractivity contribution is 0.0691. The van der Waals surface area contributed by atoms with Gasteiger partial charge in [0.2, 0.25) is 0 Å². The number of benzene rings is 2. The zero-order chi connectivity index (χ0) is 16.9. The van der Waals surface area contributed by atoms with Crippen molar-refractivity contribution in [3.05, 3.63) is 59.7 Å². The van der Waals surface area contributed by atoms with E-state index in [1.54, 1.807) is 0 Å². The molecule has 0 unspecified atom stereocenters. The van der Waals surface area contributed by atoms with Crippen LogP contribution in [0.2, 0.25) is 0 Å². The van der Waals surface area contributed by atoms with Crippen molar-refractivity contribution in [2.75, 3.05) is 26.7 Å². The van der Waals surface area contributed by atoms with Gasteiger partial charge in [0.15, 0.2) is 0 Å². The lowest BCUT2D eigenvalue weighted by Crippen LogP contribution is -2.40. The Morgan fingerprint density at radius 1 is 1.04 bits per heavy atom. The molecule has 0 atom stereocenters. The summed E-state index contributed by atoms with van der Waals surface area (Å²) < 4.78 is 0. The van der Waals surface area contributed by atoms with Gasteiger partial charge in [-0.25, -0.2) is 0 Å². The Labute approximate surface area is 144 Å². The number of amides is 1. The summed E-state index contributed by atoms with van der Waals surface area (Å²) in [6.45, 7) is 4.85. The molecule has 3 nitrogen and oxygen atoms in total. The summed E-state index contributed by atoms with van der Waals surface area (Å²) in [6, 6.07) is 16.3. The van der Waals surface area contributed by atoms with Gasteiger partial charge in [-0.1, -0.05) is 42.5 Å². The highest BCUT2D eigenvalue weighted by Gasteiger charge is 2.25. The lowest BCUT2D eigenvalue weighted by atomic mass is 9.93. The minimum Gasteiger partial charge on any atom is -0.339 e. The van der Waals surface area contributed by atoms with Crippen LogP contribution in [0, 0.1) is 12.8 Å². The highest BCUT2D eigenvalue weighted by molar-refractivity contribution is 6.01. The van der Waals surface area contributed by atoms with Crippen LogP contribution in [0.25, 0.3) is 11.1 Å². The Kier molecular flexibility index (Phi) is 5.31. The molecule has 0 aliphatic carbocycles. The van der Waals surface area contributed by atoms with Gasteiger partial charge in [0.25, 0.3) is 5.91 Å². The Morgan fingerprint density at radius 2 is 1.67 bits per heavy atom.